The Bertz CT molecular complexity index is 376. The van der Waals surface area contributed by atoms with Gasteiger partial charge in [-0.05, 0) is 37.0 Å². The van der Waals surface area contributed by atoms with Gasteiger partial charge in [0.2, 0.25) is 0 Å². The number of carbonyl (C=O) groups is 1. The van der Waals surface area contributed by atoms with Crippen LogP contribution >= 0.6 is 0 Å². The van der Waals surface area contributed by atoms with Crippen molar-refractivity contribution in [1.82, 2.24) is 0 Å². The molecule has 5 unspecified atom stereocenters. The number of hydrogen-bond acceptors (Lipinski definition) is 3. The van der Waals surface area contributed by atoms with Gasteiger partial charge in [0.05, 0.1) is 18.6 Å². The van der Waals surface area contributed by atoms with Gasteiger partial charge in [-0.15, -0.1) is 0 Å². The summed E-state index contributed by atoms with van der Waals surface area (Å²) in [7, 11) is 0. The van der Waals surface area contributed by atoms with Gasteiger partial charge in [0.15, 0.2) is 0 Å². The molecule has 1 saturated heterocycles. The van der Waals surface area contributed by atoms with Gasteiger partial charge in [-0.3, -0.25) is 4.79 Å². The van der Waals surface area contributed by atoms with Crippen LogP contribution in [0.15, 0.2) is 0 Å². The fourth-order valence-corrected chi connectivity index (χ4v) is 5.11. The first-order chi connectivity index (χ1) is 8.37. The fraction of sp³-hybridized carbons (Fsp3) is 0.933. The molecule has 0 aromatic heterocycles. The molecule has 0 spiro atoms. The molecule has 2 saturated carbocycles. The van der Waals surface area contributed by atoms with Crippen LogP contribution in [0.2, 0.25) is 0 Å². The maximum absolute atomic E-state index is 11.8. The first kappa shape index (κ1) is 12.5. The van der Waals surface area contributed by atoms with Crippen molar-refractivity contribution in [3.8, 4) is 0 Å². The molecule has 3 fully saturated rings. The minimum absolute atomic E-state index is 0.0322. The molecule has 1 heterocycles. The Kier molecular flexibility index (Phi) is 2.58. The normalized spacial score (nSPS) is 50.3. The minimum Gasteiger partial charge on any atom is -0.465 e. The van der Waals surface area contributed by atoms with E-state index >= 15 is 0 Å². The first-order valence-electron chi connectivity index (χ1n) is 7.22. The van der Waals surface area contributed by atoms with Crippen LogP contribution in [0.3, 0.4) is 0 Å². The molecular weight excluding hydrogens is 228 g/mol. The molecule has 18 heavy (non-hydrogen) atoms. The third kappa shape index (κ3) is 1.43. The number of cyclic esters (lactones) is 1. The van der Waals surface area contributed by atoms with E-state index < -0.39 is 0 Å². The second-order valence-electron chi connectivity index (χ2n) is 7.38. The average Bonchev–Trinajstić information content (AvgIpc) is 2.68. The molecule has 0 amide bonds. The highest BCUT2D eigenvalue weighted by Crippen LogP contribution is 2.62. The molecule has 3 aliphatic rings. The Hall–Kier alpha value is -0.570. The number of aliphatic hydroxyl groups is 1. The standard InChI is InChI=1S/C15H24O3/c1-14(2)7-6-12(16)15(3)10-8-18-13(17)9(10)4-5-11(14)15/h9-12,16H,4-8H2,1-3H3. The summed E-state index contributed by atoms with van der Waals surface area (Å²) in [6.07, 6.45) is 3.66. The van der Waals surface area contributed by atoms with Gasteiger partial charge in [0.25, 0.3) is 0 Å². The summed E-state index contributed by atoms with van der Waals surface area (Å²) in [6.45, 7) is 7.35. The van der Waals surface area contributed by atoms with Gasteiger partial charge in [0, 0.05) is 11.3 Å². The molecule has 3 heteroatoms. The highest BCUT2D eigenvalue weighted by atomic mass is 16.5. The topological polar surface area (TPSA) is 46.5 Å². The Morgan fingerprint density at radius 1 is 1.22 bits per heavy atom. The lowest BCUT2D eigenvalue weighted by Gasteiger charge is -2.59. The van der Waals surface area contributed by atoms with Crippen molar-refractivity contribution in [3.05, 3.63) is 0 Å². The van der Waals surface area contributed by atoms with E-state index in [4.69, 9.17) is 4.74 Å². The lowest BCUT2D eigenvalue weighted by molar-refractivity contribution is -0.162. The van der Waals surface area contributed by atoms with Crippen molar-refractivity contribution < 1.29 is 14.6 Å². The van der Waals surface area contributed by atoms with Gasteiger partial charge in [0.1, 0.15) is 0 Å². The maximum atomic E-state index is 11.8. The van der Waals surface area contributed by atoms with Gasteiger partial charge in [-0.1, -0.05) is 20.8 Å². The van der Waals surface area contributed by atoms with Crippen LogP contribution in [-0.2, 0) is 9.53 Å². The van der Waals surface area contributed by atoms with Crippen LogP contribution in [0, 0.1) is 28.6 Å². The van der Waals surface area contributed by atoms with E-state index in [0.29, 0.717) is 12.5 Å². The van der Waals surface area contributed by atoms with Crippen molar-refractivity contribution in [2.45, 2.75) is 52.6 Å². The van der Waals surface area contributed by atoms with E-state index in [2.05, 4.69) is 20.8 Å². The summed E-state index contributed by atoms with van der Waals surface area (Å²) in [5.41, 5.74) is 0.126. The molecule has 0 aromatic carbocycles. The Labute approximate surface area is 109 Å². The van der Waals surface area contributed by atoms with E-state index in [-0.39, 0.29) is 34.7 Å². The van der Waals surface area contributed by atoms with Crippen molar-refractivity contribution in [2.24, 2.45) is 28.6 Å². The van der Waals surface area contributed by atoms with Crippen molar-refractivity contribution >= 4 is 5.97 Å². The molecule has 3 nitrogen and oxygen atoms in total. The summed E-state index contributed by atoms with van der Waals surface area (Å²) >= 11 is 0. The zero-order chi connectivity index (χ0) is 13.1. The Morgan fingerprint density at radius 2 is 1.94 bits per heavy atom. The minimum atomic E-state index is -0.280. The predicted octanol–water partition coefficient (Wildman–Crippen LogP) is 2.37. The number of ether oxygens (including phenoxy) is 1. The molecule has 0 radical (unpaired) electrons. The van der Waals surface area contributed by atoms with Gasteiger partial charge in [-0.25, -0.2) is 0 Å². The quantitative estimate of drug-likeness (QED) is 0.673. The molecule has 1 N–H and O–H groups in total. The van der Waals surface area contributed by atoms with Gasteiger partial charge < -0.3 is 9.84 Å². The molecule has 5 atom stereocenters. The van der Waals surface area contributed by atoms with Crippen molar-refractivity contribution in [3.63, 3.8) is 0 Å². The second-order valence-corrected chi connectivity index (χ2v) is 7.38. The number of rotatable bonds is 0. The largest absolute Gasteiger partial charge is 0.465 e. The molecule has 3 rings (SSSR count). The summed E-state index contributed by atoms with van der Waals surface area (Å²) in [5.74, 6) is 0.730. The number of fused-ring (bicyclic) bond motifs is 3. The number of carbonyl (C=O) groups excluding carboxylic acids is 1. The van der Waals surface area contributed by atoms with Crippen LogP contribution in [0.4, 0.5) is 0 Å². The monoisotopic (exact) mass is 252 g/mol. The molecular formula is C15H24O3. The zero-order valence-electron chi connectivity index (χ0n) is 11.6. The van der Waals surface area contributed by atoms with Crippen LogP contribution in [0.1, 0.15) is 46.5 Å². The lowest BCUT2D eigenvalue weighted by Crippen LogP contribution is -2.58. The smallest absolute Gasteiger partial charge is 0.309 e. The third-order valence-corrected chi connectivity index (χ3v) is 6.23. The average molecular weight is 252 g/mol. The van der Waals surface area contributed by atoms with Crippen molar-refractivity contribution in [2.75, 3.05) is 6.61 Å². The highest BCUT2D eigenvalue weighted by Gasteiger charge is 2.62. The number of aliphatic hydroxyl groups excluding tert-OH is 1. The maximum Gasteiger partial charge on any atom is 0.309 e. The van der Waals surface area contributed by atoms with Crippen LogP contribution in [-0.4, -0.2) is 23.8 Å². The summed E-state index contributed by atoms with van der Waals surface area (Å²) in [5, 5.41) is 10.6. The van der Waals surface area contributed by atoms with E-state index in [0.717, 1.165) is 25.7 Å². The van der Waals surface area contributed by atoms with Gasteiger partial charge >= 0.3 is 5.97 Å². The summed E-state index contributed by atoms with van der Waals surface area (Å²) in [6, 6.07) is 0. The fourth-order valence-electron chi connectivity index (χ4n) is 5.11. The molecule has 1 aliphatic heterocycles. The van der Waals surface area contributed by atoms with E-state index in [1.807, 2.05) is 0 Å². The predicted molar refractivity (Wildman–Crippen MR) is 67.8 cm³/mol. The van der Waals surface area contributed by atoms with E-state index in [1.165, 1.54) is 0 Å². The molecule has 2 aliphatic carbocycles. The number of hydrogen-bond donors (Lipinski definition) is 1. The Morgan fingerprint density at radius 3 is 2.67 bits per heavy atom. The van der Waals surface area contributed by atoms with Crippen molar-refractivity contribution in [1.29, 1.82) is 0 Å². The third-order valence-electron chi connectivity index (χ3n) is 6.23. The van der Waals surface area contributed by atoms with Gasteiger partial charge in [-0.2, -0.15) is 0 Å². The van der Waals surface area contributed by atoms with E-state index in [9.17, 15) is 9.90 Å². The summed E-state index contributed by atoms with van der Waals surface area (Å²) in [4.78, 5) is 11.8. The summed E-state index contributed by atoms with van der Waals surface area (Å²) < 4.78 is 5.28. The molecule has 0 aromatic rings. The first-order valence-corrected chi connectivity index (χ1v) is 7.22. The highest BCUT2D eigenvalue weighted by molar-refractivity contribution is 5.75. The lowest BCUT2D eigenvalue weighted by atomic mass is 9.46. The zero-order valence-corrected chi connectivity index (χ0v) is 11.6. The molecule has 0 bridgehead atoms. The second kappa shape index (κ2) is 3.72. The Balaban J connectivity index is 2.00. The SMILES string of the molecule is CC1(C)CCC(O)C2(C)C3COC(=O)C3CCC12. The van der Waals surface area contributed by atoms with Crippen LogP contribution in [0.5, 0.6) is 0 Å². The van der Waals surface area contributed by atoms with Crippen LogP contribution in [0.25, 0.3) is 0 Å². The van der Waals surface area contributed by atoms with Crippen LogP contribution < -0.4 is 0 Å². The molecule has 102 valence electrons. The van der Waals surface area contributed by atoms with E-state index in [1.54, 1.807) is 0 Å². The number of esters is 1.